The van der Waals surface area contributed by atoms with E-state index < -0.39 is 18.2 Å². The number of imidazole rings is 1. The van der Waals surface area contributed by atoms with Gasteiger partial charge in [-0.2, -0.15) is 5.10 Å². The number of fused-ring (bicyclic) bond motifs is 2. The molecule has 0 saturated carbocycles. The summed E-state index contributed by atoms with van der Waals surface area (Å²) in [5, 5.41) is 15.7. The monoisotopic (exact) mass is 615 g/mol. The molecule has 2 aromatic heterocycles. The summed E-state index contributed by atoms with van der Waals surface area (Å²) in [5.41, 5.74) is 3.00. The molecule has 4 heterocycles. The largest absolute Gasteiger partial charge is 0.492 e. The highest BCUT2D eigenvalue weighted by Crippen LogP contribution is 2.39. The molecule has 12 heteroatoms. The number of piperidine rings is 1. The zero-order valence-electron chi connectivity index (χ0n) is 23.2. The van der Waals surface area contributed by atoms with Crippen LogP contribution in [0.1, 0.15) is 37.2 Å². The summed E-state index contributed by atoms with van der Waals surface area (Å²) in [6.45, 7) is 5.21. The SMILES string of the molecule is CCOC(=O)[C@@H](c1ncn2c1C[C@@H](F)C2)n1cc2c(Cl)cc(-c3ccc(OCCN4CCC(O)CC4)cc3)c(Cl)c2n1. The van der Waals surface area contributed by atoms with Crippen molar-refractivity contribution in [3.05, 3.63) is 64.3 Å². The number of aromatic nitrogens is 4. The molecule has 42 heavy (non-hydrogen) atoms. The maximum atomic E-state index is 14.2. The molecular weight excluding hydrogens is 584 g/mol. The molecule has 1 N–H and O–H groups in total. The van der Waals surface area contributed by atoms with Gasteiger partial charge in [-0.15, -0.1) is 0 Å². The number of nitrogens with zero attached hydrogens (tertiary/aromatic N) is 5. The lowest BCUT2D eigenvalue weighted by Gasteiger charge is -2.29. The van der Waals surface area contributed by atoms with Gasteiger partial charge in [0.1, 0.15) is 24.0 Å². The second kappa shape index (κ2) is 12.2. The fraction of sp³-hybridized carbons (Fsp3) is 0.433. The van der Waals surface area contributed by atoms with Crippen molar-refractivity contribution in [1.29, 1.82) is 0 Å². The van der Waals surface area contributed by atoms with Gasteiger partial charge < -0.3 is 19.1 Å². The molecule has 2 atom stereocenters. The van der Waals surface area contributed by atoms with E-state index >= 15 is 0 Å². The van der Waals surface area contributed by atoms with Crippen molar-refractivity contribution in [2.75, 3.05) is 32.8 Å². The molecule has 4 aromatic rings. The van der Waals surface area contributed by atoms with Crippen LogP contribution in [0.15, 0.2) is 42.9 Å². The lowest BCUT2D eigenvalue weighted by atomic mass is 10.0. The van der Waals surface area contributed by atoms with Crippen LogP contribution >= 0.6 is 23.2 Å². The smallest absolute Gasteiger partial charge is 0.337 e. The minimum absolute atomic E-state index is 0.166. The normalized spacial score (nSPS) is 18.4. The molecule has 0 amide bonds. The Morgan fingerprint density at radius 3 is 2.71 bits per heavy atom. The van der Waals surface area contributed by atoms with E-state index in [-0.39, 0.29) is 25.7 Å². The molecule has 0 bridgehead atoms. The van der Waals surface area contributed by atoms with E-state index in [1.807, 2.05) is 24.3 Å². The predicted molar refractivity (Wildman–Crippen MR) is 158 cm³/mol. The van der Waals surface area contributed by atoms with Gasteiger partial charge in [-0.05, 0) is 43.5 Å². The second-order valence-electron chi connectivity index (χ2n) is 10.7. The van der Waals surface area contributed by atoms with Crippen molar-refractivity contribution < 1.29 is 23.8 Å². The quantitative estimate of drug-likeness (QED) is 0.262. The van der Waals surface area contributed by atoms with Gasteiger partial charge in [0.05, 0.1) is 41.3 Å². The van der Waals surface area contributed by atoms with Gasteiger partial charge in [0.2, 0.25) is 0 Å². The van der Waals surface area contributed by atoms with Crippen molar-refractivity contribution in [3.8, 4) is 16.9 Å². The fourth-order valence-electron chi connectivity index (χ4n) is 5.72. The average Bonchev–Trinajstić information content (AvgIpc) is 3.68. The minimum Gasteiger partial charge on any atom is -0.492 e. The Hall–Kier alpha value is -3.18. The number of ether oxygens (including phenoxy) is 2. The first kappa shape index (κ1) is 28.9. The Balaban J connectivity index is 1.25. The van der Waals surface area contributed by atoms with Crippen LogP contribution in [0.5, 0.6) is 5.75 Å². The third-order valence-corrected chi connectivity index (χ3v) is 8.62. The Labute approximate surface area is 252 Å². The molecular formula is C30H32Cl2FN5O4. The summed E-state index contributed by atoms with van der Waals surface area (Å²) in [6, 6.07) is 8.36. The van der Waals surface area contributed by atoms with Crippen LogP contribution in [-0.2, 0) is 22.5 Å². The third kappa shape index (κ3) is 5.73. The summed E-state index contributed by atoms with van der Waals surface area (Å²) in [5.74, 6) is 0.193. The molecule has 0 unspecified atom stereocenters. The van der Waals surface area contributed by atoms with Crippen molar-refractivity contribution in [2.45, 2.75) is 51.0 Å². The molecule has 0 aliphatic carbocycles. The third-order valence-electron chi connectivity index (χ3n) is 7.92. The maximum Gasteiger partial charge on any atom is 0.337 e. The van der Waals surface area contributed by atoms with Crippen molar-refractivity contribution in [2.24, 2.45) is 0 Å². The van der Waals surface area contributed by atoms with Crippen LogP contribution in [0.3, 0.4) is 0 Å². The number of aliphatic hydroxyl groups excluding tert-OH is 1. The molecule has 1 fully saturated rings. The van der Waals surface area contributed by atoms with E-state index in [9.17, 15) is 14.3 Å². The Morgan fingerprint density at radius 2 is 1.98 bits per heavy atom. The standard InChI is InChI=1S/C30H32Cl2FN5O4/c1-2-41-30(40)29(28-25-13-19(33)15-37(25)17-34-28)38-16-23-24(31)14-22(26(32)27(23)35-38)18-3-5-21(6-4-18)42-12-11-36-9-7-20(39)8-10-36/h3-6,14,16-17,19-20,29,39H,2,7-13,15H2,1H3/t19-,29-/m1/s1. The summed E-state index contributed by atoms with van der Waals surface area (Å²) >= 11 is 13.6. The zero-order valence-corrected chi connectivity index (χ0v) is 24.7. The summed E-state index contributed by atoms with van der Waals surface area (Å²) in [7, 11) is 0. The lowest BCUT2D eigenvalue weighted by Crippen LogP contribution is -2.38. The van der Waals surface area contributed by atoms with Crippen LogP contribution in [0, 0.1) is 0 Å². The highest BCUT2D eigenvalue weighted by molar-refractivity contribution is 6.42. The van der Waals surface area contributed by atoms with E-state index in [4.69, 9.17) is 32.7 Å². The number of aliphatic hydroxyl groups is 1. The minimum atomic E-state index is -1.03. The van der Waals surface area contributed by atoms with Crippen molar-refractivity contribution in [3.63, 3.8) is 0 Å². The number of esters is 1. The summed E-state index contributed by atoms with van der Waals surface area (Å²) < 4.78 is 28.6. The number of hydrogen-bond donors (Lipinski definition) is 1. The van der Waals surface area contributed by atoms with Gasteiger partial charge in [0.25, 0.3) is 0 Å². The molecule has 0 spiro atoms. The molecule has 6 rings (SSSR count). The Kier molecular flexibility index (Phi) is 8.40. The summed E-state index contributed by atoms with van der Waals surface area (Å²) in [6.07, 6.45) is 3.75. The van der Waals surface area contributed by atoms with E-state index in [1.54, 1.807) is 30.1 Å². The number of alkyl halides is 1. The van der Waals surface area contributed by atoms with Gasteiger partial charge in [-0.1, -0.05) is 35.3 Å². The molecule has 2 aliphatic rings. The number of halogens is 3. The number of carbonyl (C=O) groups is 1. The fourth-order valence-corrected chi connectivity index (χ4v) is 6.27. The highest BCUT2D eigenvalue weighted by Gasteiger charge is 2.35. The Morgan fingerprint density at radius 1 is 1.21 bits per heavy atom. The number of likely N-dealkylation sites (tertiary alicyclic amines) is 1. The molecule has 1 saturated heterocycles. The van der Waals surface area contributed by atoms with Crippen LogP contribution in [0.2, 0.25) is 10.0 Å². The highest BCUT2D eigenvalue weighted by atomic mass is 35.5. The van der Waals surface area contributed by atoms with Crippen molar-refractivity contribution in [1.82, 2.24) is 24.2 Å². The van der Waals surface area contributed by atoms with Gasteiger partial charge in [0, 0.05) is 48.9 Å². The van der Waals surface area contributed by atoms with E-state index in [1.165, 1.54) is 4.68 Å². The average molecular weight is 617 g/mol. The second-order valence-corrected chi connectivity index (χ2v) is 11.5. The molecule has 2 aliphatic heterocycles. The Bertz CT molecular complexity index is 1580. The van der Waals surface area contributed by atoms with Crippen LogP contribution in [0.4, 0.5) is 4.39 Å². The first-order valence-electron chi connectivity index (χ1n) is 14.2. The molecule has 9 nitrogen and oxygen atoms in total. The molecule has 222 valence electrons. The topological polar surface area (TPSA) is 94.6 Å². The van der Waals surface area contributed by atoms with Gasteiger partial charge in [0.15, 0.2) is 6.04 Å². The first-order valence-corrected chi connectivity index (χ1v) is 14.9. The van der Waals surface area contributed by atoms with E-state index in [0.29, 0.717) is 44.5 Å². The van der Waals surface area contributed by atoms with E-state index in [2.05, 4.69) is 15.0 Å². The van der Waals surface area contributed by atoms with Crippen molar-refractivity contribution >= 4 is 40.1 Å². The van der Waals surface area contributed by atoms with Gasteiger partial charge in [-0.3, -0.25) is 9.58 Å². The molecule has 0 radical (unpaired) electrons. The number of hydrogen-bond acceptors (Lipinski definition) is 7. The number of benzene rings is 2. The van der Waals surface area contributed by atoms with Crippen LogP contribution < -0.4 is 4.74 Å². The number of rotatable bonds is 9. The van der Waals surface area contributed by atoms with E-state index in [0.717, 1.165) is 43.8 Å². The lowest BCUT2D eigenvalue weighted by molar-refractivity contribution is -0.146. The van der Waals surface area contributed by atoms with Crippen LogP contribution in [0.25, 0.3) is 22.0 Å². The summed E-state index contributed by atoms with van der Waals surface area (Å²) in [4.78, 5) is 19.9. The zero-order chi connectivity index (χ0) is 29.4. The molecule has 2 aromatic carbocycles. The number of carbonyl (C=O) groups excluding carboxylic acids is 1. The van der Waals surface area contributed by atoms with Crippen LogP contribution in [-0.4, -0.2) is 80.4 Å². The van der Waals surface area contributed by atoms with Gasteiger partial charge >= 0.3 is 5.97 Å². The maximum absolute atomic E-state index is 14.2. The first-order chi connectivity index (χ1) is 20.3. The van der Waals surface area contributed by atoms with Gasteiger partial charge in [-0.25, -0.2) is 14.2 Å². The predicted octanol–water partition coefficient (Wildman–Crippen LogP) is 5.09.